The van der Waals surface area contributed by atoms with Crippen LogP contribution in [0.3, 0.4) is 0 Å². The fraction of sp³-hybridized carbons (Fsp3) is 0.500. The van der Waals surface area contributed by atoms with Gasteiger partial charge in [0.1, 0.15) is 13.2 Å². The molecule has 0 saturated heterocycles. The third kappa shape index (κ3) is 10.3. The van der Waals surface area contributed by atoms with Crippen molar-refractivity contribution < 1.29 is 38.9 Å². The first-order chi connectivity index (χ1) is 13.4. The molecule has 0 radical (unpaired) electrons. The normalized spacial score (nSPS) is 13.0. The van der Waals surface area contributed by atoms with Crippen molar-refractivity contribution in [2.24, 2.45) is 0 Å². The van der Waals surface area contributed by atoms with E-state index >= 15 is 0 Å². The van der Waals surface area contributed by atoms with Gasteiger partial charge in [-0.2, -0.15) is 0 Å². The molecule has 2 aliphatic rings. The average molecular weight is 394 g/mol. The first-order valence-corrected chi connectivity index (χ1v) is 9.28. The Kier molecular flexibility index (Phi) is 11.0. The van der Waals surface area contributed by atoms with Gasteiger partial charge >= 0.3 is 23.9 Å². The summed E-state index contributed by atoms with van der Waals surface area (Å²) < 4.78 is 9.66. The van der Waals surface area contributed by atoms with Crippen LogP contribution >= 0.6 is 0 Å². The SMILES string of the molecule is O=C(O)CCCCCCCCC(=O)O.O=C1OCCOC(=O)c2ccc1cc2. The third-order valence-electron chi connectivity index (χ3n) is 3.94. The summed E-state index contributed by atoms with van der Waals surface area (Å²) in [5.41, 5.74) is 0.895. The number of benzene rings is 1. The van der Waals surface area contributed by atoms with Crippen LogP contribution in [0.25, 0.3) is 0 Å². The van der Waals surface area contributed by atoms with Gasteiger partial charge in [-0.3, -0.25) is 9.59 Å². The van der Waals surface area contributed by atoms with E-state index in [0.717, 1.165) is 38.5 Å². The number of unbranched alkanes of at least 4 members (excludes halogenated alkanes) is 5. The van der Waals surface area contributed by atoms with E-state index in [1.165, 1.54) is 0 Å². The predicted octanol–water partition coefficient (Wildman–Crippen LogP) is 3.29. The topological polar surface area (TPSA) is 127 Å². The van der Waals surface area contributed by atoms with Gasteiger partial charge in [-0.05, 0) is 37.1 Å². The second-order valence-electron chi connectivity index (χ2n) is 6.26. The number of carboxylic acids is 2. The molecule has 0 amide bonds. The Morgan fingerprint density at radius 1 is 0.679 bits per heavy atom. The van der Waals surface area contributed by atoms with Crippen LogP contribution in [-0.2, 0) is 19.1 Å². The van der Waals surface area contributed by atoms with Gasteiger partial charge in [0.15, 0.2) is 0 Å². The molecule has 8 heteroatoms. The monoisotopic (exact) mass is 394 g/mol. The Balaban J connectivity index is 0.000000280. The van der Waals surface area contributed by atoms with E-state index in [1.54, 1.807) is 24.3 Å². The maximum Gasteiger partial charge on any atom is 0.338 e. The fourth-order valence-electron chi connectivity index (χ4n) is 2.44. The Hall–Kier alpha value is -2.90. The smallest absolute Gasteiger partial charge is 0.338 e. The lowest BCUT2D eigenvalue weighted by atomic mass is 10.1. The lowest BCUT2D eigenvalue weighted by Gasteiger charge is -2.09. The van der Waals surface area contributed by atoms with Crippen LogP contribution in [-0.4, -0.2) is 47.3 Å². The fourth-order valence-corrected chi connectivity index (χ4v) is 2.44. The molecule has 1 aromatic carbocycles. The molecule has 0 saturated carbocycles. The molecule has 1 aromatic rings. The summed E-state index contributed by atoms with van der Waals surface area (Å²) >= 11 is 0. The summed E-state index contributed by atoms with van der Waals surface area (Å²) in [5.74, 6) is -2.27. The van der Waals surface area contributed by atoms with Crippen molar-refractivity contribution in [1.82, 2.24) is 0 Å². The number of carbonyl (C=O) groups excluding carboxylic acids is 2. The summed E-state index contributed by atoms with van der Waals surface area (Å²) in [4.78, 5) is 42.8. The second kappa shape index (κ2) is 13.3. The molecule has 154 valence electrons. The van der Waals surface area contributed by atoms with E-state index in [1.807, 2.05) is 0 Å². The maximum absolute atomic E-state index is 11.3. The molecule has 0 spiro atoms. The van der Waals surface area contributed by atoms with Crippen LogP contribution in [0.15, 0.2) is 24.3 Å². The van der Waals surface area contributed by atoms with E-state index in [0.29, 0.717) is 11.1 Å². The number of ether oxygens (including phenoxy) is 2. The number of hydrogen-bond acceptors (Lipinski definition) is 6. The molecule has 2 aliphatic heterocycles. The zero-order valence-electron chi connectivity index (χ0n) is 15.7. The van der Waals surface area contributed by atoms with Gasteiger partial charge in [0.05, 0.1) is 11.1 Å². The first kappa shape index (κ1) is 23.1. The van der Waals surface area contributed by atoms with Crippen molar-refractivity contribution in [3.8, 4) is 0 Å². The average Bonchev–Trinajstić information content (AvgIpc) is 2.67. The summed E-state index contributed by atoms with van der Waals surface area (Å²) in [6.07, 6.45) is 5.82. The standard InChI is InChI=1S/C10H8O4.C10H18O4/c11-9-7-1-2-8(4-3-7)10(12)14-6-5-13-9;11-9(12)7-5-3-1-2-4-6-8-10(13)14/h1-4H,5-6H2;1-8H2,(H,11,12)(H,13,14). The number of fused-ring (bicyclic) bond motifs is 7. The minimum atomic E-state index is -0.740. The largest absolute Gasteiger partial charge is 0.481 e. The summed E-state index contributed by atoms with van der Waals surface area (Å²) in [5, 5.41) is 16.7. The Morgan fingerprint density at radius 2 is 1.00 bits per heavy atom. The molecule has 0 aromatic heterocycles. The molecule has 28 heavy (non-hydrogen) atoms. The van der Waals surface area contributed by atoms with Crippen LogP contribution in [0.1, 0.15) is 72.1 Å². The number of carbonyl (C=O) groups is 4. The quantitative estimate of drug-likeness (QED) is 0.482. The van der Waals surface area contributed by atoms with Gasteiger partial charge in [-0.25, -0.2) is 9.59 Å². The molecule has 0 atom stereocenters. The van der Waals surface area contributed by atoms with Crippen LogP contribution < -0.4 is 0 Å². The Labute approximate surface area is 163 Å². The molecule has 3 rings (SSSR count). The van der Waals surface area contributed by atoms with E-state index in [9.17, 15) is 19.2 Å². The van der Waals surface area contributed by atoms with Crippen molar-refractivity contribution in [3.63, 3.8) is 0 Å². The number of carboxylic acid groups (broad SMARTS) is 2. The molecule has 2 bridgehead atoms. The van der Waals surface area contributed by atoms with Crippen LogP contribution in [0.5, 0.6) is 0 Å². The van der Waals surface area contributed by atoms with E-state index in [-0.39, 0.29) is 26.1 Å². The van der Waals surface area contributed by atoms with E-state index in [4.69, 9.17) is 19.7 Å². The van der Waals surface area contributed by atoms with E-state index in [2.05, 4.69) is 0 Å². The molecular weight excluding hydrogens is 368 g/mol. The lowest BCUT2D eigenvalue weighted by molar-refractivity contribution is -0.138. The summed E-state index contributed by atoms with van der Waals surface area (Å²) in [6.45, 7) is 0.200. The highest BCUT2D eigenvalue weighted by atomic mass is 16.6. The summed E-state index contributed by atoms with van der Waals surface area (Å²) in [7, 11) is 0. The number of hydrogen-bond donors (Lipinski definition) is 2. The zero-order valence-corrected chi connectivity index (χ0v) is 15.7. The first-order valence-electron chi connectivity index (χ1n) is 9.28. The molecular formula is C20H26O8. The van der Waals surface area contributed by atoms with Crippen molar-refractivity contribution in [2.45, 2.75) is 51.4 Å². The molecule has 8 nitrogen and oxygen atoms in total. The van der Waals surface area contributed by atoms with Crippen molar-refractivity contribution >= 4 is 23.9 Å². The molecule has 2 N–H and O–H groups in total. The zero-order chi connectivity index (χ0) is 20.8. The number of rotatable bonds is 9. The van der Waals surface area contributed by atoms with Crippen LogP contribution in [0, 0.1) is 0 Å². The van der Waals surface area contributed by atoms with Gasteiger partial charge in [-0.1, -0.05) is 25.7 Å². The second-order valence-corrected chi connectivity index (χ2v) is 6.26. The van der Waals surface area contributed by atoms with Gasteiger partial charge in [-0.15, -0.1) is 0 Å². The molecule has 0 aliphatic carbocycles. The van der Waals surface area contributed by atoms with Crippen molar-refractivity contribution in [2.75, 3.05) is 13.2 Å². The van der Waals surface area contributed by atoms with E-state index < -0.39 is 23.9 Å². The minimum Gasteiger partial charge on any atom is -0.481 e. The minimum absolute atomic E-state index is 0.100. The molecule has 2 heterocycles. The number of aliphatic carboxylic acids is 2. The van der Waals surface area contributed by atoms with Crippen LogP contribution in [0.2, 0.25) is 0 Å². The number of esters is 2. The highest BCUT2D eigenvalue weighted by Gasteiger charge is 2.13. The molecule has 0 unspecified atom stereocenters. The van der Waals surface area contributed by atoms with Gasteiger partial charge in [0.25, 0.3) is 0 Å². The van der Waals surface area contributed by atoms with Crippen molar-refractivity contribution in [1.29, 1.82) is 0 Å². The van der Waals surface area contributed by atoms with Crippen molar-refractivity contribution in [3.05, 3.63) is 35.4 Å². The Bertz CT molecular complexity index is 594. The van der Waals surface area contributed by atoms with Gasteiger partial charge < -0.3 is 19.7 Å². The highest BCUT2D eigenvalue weighted by molar-refractivity contribution is 5.93. The third-order valence-corrected chi connectivity index (χ3v) is 3.94. The van der Waals surface area contributed by atoms with Gasteiger partial charge in [0.2, 0.25) is 0 Å². The maximum atomic E-state index is 11.3. The highest BCUT2D eigenvalue weighted by Crippen LogP contribution is 2.09. The Morgan fingerprint density at radius 3 is 1.32 bits per heavy atom. The molecule has 0 fully saturated rings. The lowest BCUT2D eigenvalue weighted by Crippen LogP contribution is -2.16. The predicted molar refractivity (Wildman–Crippen MR) is 99.2 cm³/mol. The van der Waals surface area contributed by atoms with Crippen LogP contribution in [0.4, 0.5) is 0 Å². The van der Waals surface area contributed by atoms with Gasteiger partial charge in [0, 0.05) is 12.8 Å². The summed E-state index contributed by atoms with van der Waals surface area (Å²) in [6, 6.07) is 6.18.